The highest BCUT2D eigenvalue weighted by atomic mass is 35.5. The molecule has 1 unspecified atom stereocenters. The summed E-state index contributed by atoms with van der Waals surface area (Å²) in [6, 6.07) is 6.56. The summed E-state index contributed by atoms with van der Waals surface area (Å²) in [5, 5.41) is 5.66. The summed E-state index contributed by atoms with van der Waals surface area (Å²) in [5.41, 5.74) is 1.37. The topological polar surface area (TPSA) is 12.0 Å². The molecular weight excluding hydrogens is 258 g/mol. The SMILES string of the molecule is Cc1ccsc1CNC(C)c1ccc(Cl)s1. The third-order valence-corrected chi connectivity index (χ3v) is 4.99. The lowest BCUT2D eigenvalue weighted by atomic mass is 10.2. The lowest BCUT2D eigenvalue weighted by Gasteiger charge is -2.11. The van der Waals surface area contributed by atoms with Gasteiger partial charge >= 0.3 is 0 Å². The van der Waals surface area contributed by atoms with Crippen LogP contribution in [0.2, 0.25) is 4.34 Å². The van der Waals surface area contributed by atoms with Gasteiger partial charge in [-0.15, -0.1) is 22.7 Å². The molecule has 16 heavy (non-hydrogen) atoms. The van der Waals surface area contributed by atoms with Crippen LogP contribution in [0.1, 0.15) is 28.3 Å². The predicted molar refractivity (Wildman–Crippen MR) is 73.6 cm³/mol. The smallest absolute Gasteiger partial charge is 0.0931 e. The van der Waals surface area contributed by atoms with Crippen molar-refractivity contribution in [2.45, 2.75) is 26.4 Å². The van der Waals surface area contributed by atoms with Gasteiger partial charge in [-0.2, -0.15) is 0 Å². The van der Waals surface area contributed by atoms with Crippen LogP contribution >= 0.6 is 34.3 Å². The van der Waals surface area contributed by atoms with Gasteiger partial charge in [-0.3, -0.25) is 0 Å². The molecule has 1 nitrogen and oxygen atoms in total. The largest absolute Gasteiger partial charge is 0.305 e. The zero-order valence-electron chi connectivity index (χ0n) is 9.29. The Labute approximate surface area is 109 Å². The molecule has 0 aliphatic carbocycles. The van der Waals surface area contributed by atoms with Crippen molar-refractivity contribution in [2.75, 3.05) is 0 Å². The average molecular weight is 272 g/mol. The predicted octanol–water partition coefficient (Wildman–Crippen LogP) is 4.62. The first-order chi connectivity index (χ1) is 7.66. The fraction of sp³-hybridized carbons (Fsp3) is 0.333. The molecule has 0 aromatic carbocycles. The highest BCUT2D eigenvalue weighted by Gasteiger charge is 2.08. The van der Waals surface area contributed by atoms with Crippen LogP contribution in [0, 0.1) is 6.92 Å². The molecular formula is C12H14ClNS2. The summed E-state index contributed by atoms with van der Waals surface area (Å²) in [6.45, 7) is 5.26. The van der Waals surface area contributed by atoms with Gasteiger partial charge in [0.15, 0.2) is 0 Å². The first-order valence-corrected chi connectivity index (χ1v) is 7.26. The van der Waals surface area contributed by atoms with Crippen LogP contribution in [0.25, 0.3) is 0 Å². The average Bonchev–Trinajstić information content (AvgIpc) is 2.84. The maximum absolute atomic E-state index is 5.92. The van der Waals surface area contributed by atoms with E-state index >= 15 is 0 Å². The summed E-state index contributed by atoms with van der Waals surface area (Å²) in [7, 11) is 0. The minimum absolute atomic E-state index is 0.360. The molecule has 2 heterocycles. The van der Waals surface area contributed by atoms with Gasteiger partial charge in [-0.05, 0) is 43.0 Å². The van der Waals surface area contributed by atoms with Crippen LogP contribution in [-0.2, 0) is 6.54 Å². The van der Waals surface area contributed by atoms with Gasteiger partial charge in [0.25, 0.3) is 0 Å². The summed E-state index contributed by atoms with van der Waals surface area (Å²) in [5.74, 6) is 0. The number of thiophene rings is 2. The van der Waals surface area contributed by atoms with Crippen LogP contribution in [0.5, 0.6) is 0 Å². The van der Waals surface area contributed by atoms with Gasteiger partial charge < -0.3 is 5.32 Å². The minimum Gasteiger partial charge on any atom is -0.305 e. The summed E-state index contributed by atoms with van der Waals surface area (Å²) in [4.78, 5) is 2.70. The van der Waals surface area contributed by atoms with Gasteiger partial charge in [-0.1, -0.05) is 11.6 Å². The van der Waals surface area contributed by atoms with Crippen LogP contribution in [-0.4, -0.2) is 0 Å². The Bertz CT molecular complexity index is 461. The van der Waals surface area contributed by atoms with Gasteiger partial charge in [0, 0.05) is 22.3 Å². The van der Waals surface area contributed by atoms with Crippen molar-refractivity contribution in [2.24, 2.45) is 0 Å². The van der Waals surface area contributed by atoms with Crippen molar-refractivity contribution in [1.82, 2.24) is 5.32 Å². The van der Waals surface area contributed by atoms with E-state index in [0.29, 0.717) is 6.04 Å². The number of halogens is 1. The van der Waals surface area contributed by atoms with Crippen LogP contribution in [0.3, 0.4) is 0 Å². The first-order valence-electron chi connectivity index (χ1n) is 5.18. The van der Waals surface area contributed by atoms with E-state index in [2.05, 4.69) is 36.7 Å². The van der Waals surface area contributed by atoms with Crippen molar-refractivity contribution in [1.29, 1.82) is 0 Å². The van der Waals surface area contributed by atoms with E-state index in [9.17, 15) is 0 Å². The highest BCUT2D eigenvalue weighted by molar-refractivity contribution is 7.16. The molecule has 0 spiro atoms. The van der Waals surface area contributed by atoms with Crippen molar-refractivity contribution in [3.8, 4) is 0 Å². The Morgan fingerprint density at radius 2 is 2.19 bits per heavy atom. The molecule has 0 aliphatic rings. The summed E-state index contributed by atoms with van der Waals surface area (Å²) >= 11 is 9.37. The number of nitrogens with one attached hydrogen (secondary N) is 1. The summed E-state index contributed by atoms with van der Waals surface area (Å²) < 4.78 is 0.857. The van der Waals surface area contributed by atoms with E-state index in [1.165, 1.54) is 15.3 Å². The highest BCUT2D eigenvalue weighted by Crippen LogP contribution is 2.27. The Balaban J connectivity index is 1.93. The lowest BCUT2D eigenvalue weighted by molar-refractivity contribution is 0.586. The van der Waals surface area contributed by atoms with E-state index in [4.69, 9.17) is 11.6 Å². The fourth-order valence-electron chi connectivity index (χ4n) is 1.49. The first kappa shape index (κ1) is 12.1. The normalized spacial score (nSPS) is 12.9. The Kier molecular flexibility index (Phi) is 4.03. The maximum Gasteiger partial charge on any atom is 0.0931 e. The maximum atomic E-state index is 5.92. The van der Waals surface area contributed by atoms with E-state index in [1.54, 1.807) is 22.7 Å². The molecule has 2 aromatic heterocycles. The van der Waals surface area contributed by atoms with E-state index in [1.807, 2.05) is 6.07 Å². The van der Waals surface area contributed by atoms with Crippen molar-refractivity contribution < 1.29 is 0 Å². The molecule has 1 N–H and O–H groups in total. The van der Waals surface area contributed by atoms with Crippen LogP contribution < -0.4 is 5.32 Å². The Hall–Kier alpha value is -0.350. The second-order valence-electron chi connectivity index (χ2n) is 3.77. The van der Waals surface area contributed by atoms with Crippen molar-refractivity contribution in [3.05, 3.63) is 43.2 Å². The third-order valence-electron chi connectivity index (χ3n) is 2.56. The van der Waals surface area contributed by atoms with Crippen molar-refractivity contribution in [3.63, 3.8) is 0 Å². The molecule has 4 heteroatoms. The molecule has 0 saturated heterocycles. The second-order valence-corrected chi connectivity index (χ2v) is 6.52. The molecule has 0 bridgehead atoms. The molecule has 2 aromatic rings. The molecule has 86 valence electrons. The molecule has 2 rings (SSSR count). The number of aryl methyl sites for hydroxylation is 1. The molecule has 0 aliphatic heterocycles. The van der Waals surface area contributed by atoms with Gasteiger partial charge in [0.2, 0.25) is 0 Å². The van der Waals surface area contributed by atoms with Gasteiger partial charge in [0.05, 0.1) is 4.34 Å². The standard InChI is InChI=1S/C12H14ClNS2/c1-8-5-6-15-11(8)7-14-9(2)10-3-4-12(13)16-10/h3-6,9,14H,7H2,1-2H3. The zero-order chi connectivity index (χ0) is 11.5. The molecule has 1 atom stereocenters. The third kappa shape index (κ3) is 2.86. The molecule has 0 amide bonds. The van der Waals surface area contributed by atoms with Crippen molar-refractivity contribution >= 4 is 34.3 Å². The fourth-order valence-corrected chi connectivity index (χ4v) is 3.44. The second kappa shape index (κ2) is 5.32. The van der Waals surface area contributed by atoms with Crippen LogP contribution in [0.4, 0.5) is 0 Å². The monoisotopic (exact) mass is 271 g/mol. The molecule has 0 fully saturated rings. The number of rotatable bonds is 4. The van der Waals surface area contributed by atoms with Gasteiger partial charge in [-0.25, -0.2) is 0 Å². The zero-order valence-corrected chi connectivity index (χ0v) is 11.7. The number of hydrogen-bond donors (Lipinski definition) is 1. The Morgan fingerprint density at radius 1 is 1.38 bits per heavy atom. The van der Waals surface area contributed by atoms with Crippen LogP contribution in [0.15, 0.2) is 23.6 Å². The molecule has 0 radical (unpaired) electrons. The van der Waals surface area contributed by atoms with E-state index in [-0.39, 0.29) is 0 Å². The minimum atomic E-state index is 0.360. The van der Waals surface area contributed by atoms with Gasteiger partial charge in [0.1, 0.15) is 0 Å². The molecule has 0 saturated carbocycles. The van der Waals surface area contributed by atoms with E-state index < -0.39 is 0 Å². The lowest BCUT2D eigenvalue weighted by Crippen LogP contribution is -2.16. The Morgan fingerprint density at radius 3 is 2.75 bits per heavy atom. The quantitative estimate of drug-likeness (QED) is 0.855. The summed E-state index contributed by atoms with van der Waals surface area (Å²) in [6.07, 6.45) is 0. The van der Waals surface area contributed by atoms with E-state index in [0.717, 1.165) is 10.9 Å². The number of hydrogen-bond acceptors (Lipinski definition) is 3.